The van der Waals surface area contributed by atoms with Crippen LogP contribution >= 0.6 is 15.9 Å². The van der Waals surface area contributed by atoms with E-state index < -0.39 is 5.97 Å². The zero-order valence-electron chi connectivity index (χ0n) is 19.5. The van der Waals surface area contributed by atoms with Gasteiger partial charge < -0.3 is 18.6 Å². The summed E-state index contributed by atoms with van der Waals surface area (Å²) < 4.78 is 23.3. The van der Waals surface area contributed by atoms with Crippen molar-refractivity contribution in [2.24, 2.45) is 0 Å². The summed E-state index contributed by atoms with van der Waals surface area (Å²) in [7, 11) is 0. The van der Waals surface area contributed by atoms with Gasteiger partial charge in [0.15, 0.2) is 0 Å². The molecule has 0 bridgehead atoms. The second kappa shape index (κ2) is 11.2. The van der Waals surface area contributed by atoms with Crippen LogP contribution in [-0.2, 0) is 11.2 Å². The largest absolute Gasteiger partial charge is 0.492 e. The van der Waals surface area contributed by atoms with E-state index in [0.717, 1.165) is 22.2 Å². The molecule has 1 aromatic heterocycles. The van der Waals surface area contributed by atoms with Crippen LogP contribution in [0.5, 0.6) is 23.0 Å². The van der Waals surface area contributed by atoms with Crippen LogP contribution in [0.25, 0.3) is 11.0 Å². The molecule has 0 saturated carbocycles. The maximum atomic E-state index is 12.8. The van der Waals surface area contributed by atoms with Crippen molar-refractivity contribution in [3.05, 3.63) is 92.7 Å². The average molecular weight is 537 g/mol. The minimum absolute atomic E-state index is 0.0869. The first kappa shape index (κ1) is 24.5. The van der Waals surface area contributed by atoms with Gasteiger partial charge in [-0.15, -0.1) is 0 Å². The molecule has 0 aliphatic heterocycles. The summed E-state index contributed by atoms with van der Waals surface area (Å²) in [5, 5.41) is 0.336. The first-order chi connectivity index (χ1) is 16.9. The third kappa shape index (κ3) is 6.31. The second-order valence-electron chi connectivity index (χ2n) is 8.05. The lowest BCUT2D eigenvalue weighted by Crippen LogP contribution is -2.10. The molecule has 0 aliphatic carbocycles. The molecule has 0 spiro atoms. The summed E-state index contributed by atoms with van der Waals surface area (Å²) in [5.41, 5.74) is 2.24. The summed E-state index contributed by atoms with van der Waals surface area (Å²) in [6, 6.07) is 18.0. The lowest BCUT2D eigenvalue weighted by atomic mass is 10.2. The Morgan fingerprint density at radius 3 is 2.63 bits per heavy atom. The Morgan fingerprint density at radius 1 is 1.00 bits per heavy atom. The normalized spacial score (nSPS) is 10.8. The quantitative estimate of drug-likeness (QED) is 0.130. The van der Waals surface area contributed by atoms with Crippen LogP contribution < -0.4 is 19.6 Å². The van der Waals surface area contributed by atoms with Gasteiger partial charge in [-0.2, -0.15) is 0 Å². The number of hydrogen-bond donors (Lipinski definition) is 0. The topological polar surface area (TPSA) is 75.0 Å². The van der Waals surface area contributed by atoms with Crippen molar-refractivity contribution in [1.82, 2.24) is 0 Å². The van der Waals surface area contributed by atoms with E-state index in [-0.39, 0.29) is 17.6 Å². The van der Waals surface area contributed by atoms with Gasteiger partial charge in [-0.05, 0) is 83.2 Å². The molecule has 0 fully saturated rings. The summed E-state index contributed by atoms with van der Waals surface area (Å²) in [6.07, 6.45) is 2.91. The molecule has 0 atom stereocenters. The zero-order valence-corrected chi connectivity index (χ0v) is 21.1. The fourth-order valence-electron chi connectivity index (χ4n) is 3.49. The molecule has 0 radical (unpaired) electrons. The average Bonchev–Trinajstić information content (AvgIpc) is 2.84. The van der Waals surface area contributed by atoms with Crippen molar-refractivity contribution < 1.29 is 23.4 Å². The number of hydrogen-bond acceptors (Lipinski definition) is 6. The minimum Gasteiger partial charge on any atom is -0.492 e. The fraction of sp³-hybridized carbons (Fsp3) is 0.214. The van der Waals surface area contributed by atoms with Crippen molar-refractivity contribution in [2.45, 2.75) is 33.1 Å². The predicted octanol–water partition coefficient (Wildman–Crippen LogP) is 6.98. The molecule has 0 saturated heterocycles. The minimum atomic E-state index is -0.393. The van der Waals surface area contributed by atoms with Crippen molar-refractivity contribution in [3.8, 4) is 23.0 Å². The van der Waals surface area contributed by atoms with Gasteiger partial charge in [0, 0.05) is 12.5 Å². The summed E-state index contributed by atoms with van der Waals surface area (Å²) in [4.78, 5) is 25.1. The van der Waals surface area contributed by atoms with Gasteiger partial charge in [-0.25, -0.2) is 0 Å². The highest BCUT2D eigenvalue weighted by Crippen LogP contribution is 2.27. The molecule has 0 N–H and O–H groups in total. The second-order valence-corrected chi connectivity index (χ2v) is 8.90. The number of rotatable bonds is 9. The third-order valence-corrected chi connectivity index (χ3v) is 5.97. The van der Waals surface area contributed by atoms with Crippen LogP contribution in [0.15, 0.2) is 80.6 Å². The van der Waals surface area contributed by atoms with Gasteiger partial charge >= 0.3 is 5.97 Å². The van der Waals surface area contributed by atoms with Crippen LogP contribution in [0.2, 0.25) is 0 Å². The van der Waals surface area contributed by atoms with E-state index in [1.807, 2.05) is 43.3 Å². The highest BCUT2D eigenvalue weighted by Gasteiger charge is 2.12. The number of aryl methyl sites for hydroxylation is 2. The number of carbonyl (C=O) groups excluding carboxylic acids is 1. The van der Waals surface area contributed by atoms with Crippen LogP contribution in [-0.4, -0.2) is 12.6 Å². The molecule has 3 aromatic carbocycles. The van der Waals surface area contributed by atoms with Crippen molar-refractivity contribution in [2.75, 3.05) is 6.61 Å². The maximum absolute atomic E-state index is 12.8. The lowest BCUT2D eigenvalue weighted by Gasteiger charge is -2.10. The Kier molecular flexibility index (Phi) is 7.87. The highest BCUT2D eigenvalue weighted by atomic mass is 79.9. The predicted molar refractivity (Wildman–Crippen MR) is 138 cm³/mol. The number of halogens is 1. The van der Waals surface area contributed by atoms with Crippen LogP contribution in [0, 0.1) is 6.92 Å². The molecule has 0 aliphatic rings. The fourth-order valence-corrected chi connectivity index (χ4v) is 4.03. The molecule has 180 valence electrons. The van der Waals surface area contributed by atoms with E-state index in [9.17, 15) is 9.59 Å². The van der Waals surface area contributed by atoms with Gasteiger partial charge in [-0.1, -0.05) is 25.1 Å². The zero-order chi connectivity index (χ0) is 24.8. The smallest absolute Gasteiger partial charge is 0.311 e. The molecule has 4 aromatic rings. The van der Waals surface area contributed by atoms with Gasteiger partial charge in [0.2, 0.25) is 11.2 Å². The Labute approximate surface area is 211 Å². The first-order valence-corrected chi connectivity index (χ1v) is 12.1. The standard InChI is InChI=1S/C28H25BrO6/c1-3-19-9-12-24(23(29)15-19)32-13-5-8-27(30)35-21-10-11-22-25(16-21)33-17-26(28(22)31)34-20-7-4-6-18(2)14-20/h4,6-7,9-12,14-17H,3,5,8,13H2,1-2H3. The van der Waals surface area contributed by atoms with Crippen LogP contribution in [0.1, 0.15) is 30.9 Å². The van der Waals surface area contributed by atoms with E-state index in [0.29, 0.717) is 35.5 Å². The van der Waals surface area contributed by atoms with Crippen molar-refractivity contribution in [3.63, 3.8) is 0 Å². The molecular formula is C28H25BrO6. The van der Waals surface area contributed by atoms with Crippen molar-refractivity contribution in [1.29, 1.82) is 0 Å². The Balaban J connectivity index is 1.33. The maximum Gasteiger partial charge on any atom is 0.311 e. The highest BCUT2D eigenvalue weighted by molar-refractivity contribution is 9.10. The Morgan fingerprint density at radius 2 is 1.86 bits per heavy atom. The molecule has 0 amide bonds. The van der Waals surface area contributed by atoms with Gasteiger partial charge in [0.1, 0.15) is 29.1 Å². The summed E-state index contributed by atoms with van der Waals surface area (Å²) in [5.74, 6) is 1.29. The molecule has 1 heterocycles. The molecular weight excluding hydrogens is 512 g/mol. The number of ether oxygens (including phenoxy) is 3. The van der Waals surface area contributed by atoms with Gasteiger partial charge in [0.25, 0.3) is 0 Å². The molecule has 0 unspecified atom stereocenters. The number of benzene rings is 3. The summed E-state index contributed by atoms with van der Waals surface area (Å²) >= 11 is 3.51. The van der Waals surface area contributed by atoms with Crippen LogP contribution in [0.3, 0.4) is 0 Å². The number of esters is 1. The van der Waals surface area contributed by atoms with E-state index in [1.54, 1.807) is 18.2 Å². The van der Waals surface area contributed by atoms with E-state index >= 15 is 0 Å². The van der Waals surface area contributed by atoms with Crippen LogP contribution in [0.4, 0.5) is 0 Å². The van der Waals surface area contributed by atoms with Crippen molar-refractivity contribution >= 4 is 32.9 Å². The Bertz CT molecular complexity index is 1410. The number of carbonyl (C=O) groups is 1. The van der Waals surface area contributed by atoms with E-state index in [4.69, 9.17) is 18.6 Å². The summed E-state index contributed by atoms with van der Waals surface area (Å²) in [6.45, 7) is 4.42. The number of fused-ring (bicyclic) bond motifs is 1. The lowest BCUT2D eigenvalue weighted by molar-refractivity contribution is -0.134. The molecule has 35 heavy (non-hydrogen) atoms. The van der Waals surface area contributed by atoms with E-state index in [1.165, 1.54) is 17.9 Å². The monoisotopic (exact) mass is 536 g/mol. The first-order valence-electron chi connectivity index (χ1n) is 11.3. The molecule has 4 rings (SSSR count). The molecule has 7 heteroatoms. The van der Waals surface area contributed by atoms with Gasteiger partial charge in [-0.3, -0.25) is 9.59 Å². The van der Waals surface area contributed by atoms with E-state index in [2.05, 4.69) is 22.9 Å². The molecule has 6 nitrogen and oxygen atoms in total. The SMILES string of the molecule is CCc1ccc(OCCCC(=O)Oc2ccc3c(=O)c(Oc4cccc(C)c4)coc3c2)c(Br)c1. The Hall–Kier alpha value is -3.58. The third-order valence-electron chi connectivity index (χ3n) is 5.35. The van der Waals surface area contributed by atoms with Gasteiger partial charge in [0.05, 0.1) is 16.5 Å².